The van der Waals surface area contributed by atoms with Crippen LogP contribution in [0.4, 0.5) is 0 Å². The van der Waals surface area contributed by atoms with Crippen LogP contribution >= 0.6 is 0 Å². The van der Waals surface area contributed by atoms with Crippen molar-refractivity contribution in [1.82, 2.24) is 0 Å². The molecular formula is C22H38N+. The number of rotatable bonds is 10. The van der Waals surface area contributed by atoms with Crippen LogP contribution in [0.3, 0.4) is 0 Å². The van der Waals surface area contributed by atoms with Gasteiger partial charge in [-0.25, -0.2) is 0 Å². The first kappa shape index (κ1) is 18.5. The quantitative estimate of drug-likeness (QED) is 0.357. The van der Waals surface area contributed by atoms with Crippen molar-refractivity contribution in [2.24, 2.45) is 5.92 Å². The molecule has 1 aromatic rings. The van der Waals surface area contributed by atoms with Gasteiger partial charge in [0, 0.05) is 5.56 Å². The Hall–Kier alpha value is -0.820. The largest absolute Gasteiger partial charge is 0.325 e. The highest BCUT2D eigenvalue weighted by molar-refractivity contribution is 5.13. The van der Waals surface area contributed by atoms with Crippen molar-refractivity contribution in [2.45, 2.75) is 77.2 Å². The van der Waals surface area contributed by atoms with E-state index in [4.69, 9.17) is 0 Å². The van der Waals surface area contributed by atoms with Crippen molar-refractivity contribution in [3.63, 3.8) is 0 Å². The van der Waals surface area contributed by atoms with Crippen molar-refractivity contribution in [3.05, 3.63) is 35.9 Å². The number of hydrogen-bond donors (Lipinski definition) is 0. The molecule has 0 N–H and O–H groups in total. The van der Waals surface area contributed by atoms with Crippen LogP contribution in [0.5, 0.6) is 0 Å². The Morgan fingerprint density at radius 3 is 2.22 bits per heavy atom. The zero-order valence-electron chi connectivity index (χ0n) is 15.6. The molecule has 0 atom stereocenters. The molecule has 130 valence electrons. The monoisotopic (exact) mass is 316 g/mol. The number of unbranched alkanes of at least 4 members (excludes halogenated alkanes) is 4. The van der Waals surface area contributed by atoms with Crippen LogP contribution in [-0.4, -0.2) is 25.1 Å². The molecule has 1 aromatic carbocycles. The highest BCUT2D eigenvalue weighted by Crippen LogP contribution is 2.28. The standard InChI is InChI=1S/C22H38N/c1-23(2,20-22-17-11-7-12-18-22)19-13-5-3-4-8-14-21-15-9-6-10-16-21/h7,11-12,17-18,21H,3-6,8-10,13-16,19-20H2,1-2H3/q+1. The maximum atomic E-state index is 2.37. The highest BCUT2D eigenvalue weighted by atomic mass is 15.3. The summed E-state index contributed by atoms with van der Waals surface area (Å²) < 4.78 is 1.12. The van der Waals surface area contributed by atoms with Crippen LogP contribution in [-0.2, 0) is 6.54 Å². The smallest absolute Gasteiger partial charge is 0.104 e. The molecule has 23 heavy (non-hydrogen) atoms. The van der Waals surface area contributed by atoms with Gasteiger partial charge in [-0.1, -0.05) is 88.1 Å². The normalized spacial score (nSPS) is 16.6. The summed E-state index contributed by atoms with van der Waals surface area (Å²) in [6.45, 7) is 2.46. The lowest BCUT2D eigenvalue weighted by Gasteiger charge is -2.30. The van der Waals surface area contributed by atoms with Gasteiger partial charge in [-0.15, -0.1) is 0 Å². The number of nitrogens with zero attached hydrogens (tertiary/aromatic N) is 1. The second-order valence-electron chi connectivity index (χ2n) is 8.36. The second-order valence-corrected chi connectivity index (χ2v) is 8.36. The van der Waals surface area contributed by atoms with Gasteiger partial charge in [0.25, 0.3) is 0 Å². The van der Waals surface area contributed by atoms with E-state index in [1.165, 1.54) is 82.7 Å². The summed E-state index contributed by atoms with van der Waals surface area (Å²) in [4.78, 5) is 0. The Balaban J connectivity index is 1.49. The molecule has 1 nitrogen and oxygen atoms in total. The Bertz CT molecular complexity index is 403. The minimum atomic E-state index is 1.07. The zero-order valence-corrected chi connectivity index (χ0v) is 15.6. The average Bonchev–Trinajstić information content (AvgIpc) is 2.55. The van der Waals surface area contributed by atoms with Crippen molar-refractivity contribution in [2.75, 3.05) is 20.6 Å². The lowest BCUT2D eigenvalue weighted by atomic mass is 9.85. The third-order valence-corrected chi connectivity index (χ3v) is 5.55. The first-order valence-corrected chi connectivity index (χ1v) is 10.0. The van der Waals surface area contributed by atoms with Gasteiger partial charge in [-0.05, 0) is 18.8 Å². The summed E-state index contributed by atoms with van der Waals surface area (Å²) >= 11 is 0. The zero-order chi connectivity index (χ0) is 16.4. The molecule has 0 radical (unpaired) electrons. The van der Waals surface area contributed by atoms with E-state index in [0.717, 1.165) is 16.9 Å². The second kappa shape index (κ2) is 10.1. The SMILES string of the molecule is C[N+](C)(CCCCCCCC1CCCCC1)Cc1ccccc1. The summed E-state index contributed by atoms with van der Waals surface area (Å²) in [5.41, 5.74) is 1.46. The lowest BCUT2D eigenvalue weighted by Crippen LogP contribution is -2.39. The molecule has 0 bridgehead atoms. The Kier molecular flexibility index (Phi) is 8.16. The number of quaternary nitrogens is 1. The predicted octanol–water partition coefficient (Wildman–Crippen LogP) is 6.18. The van der Waals surface area contributed by atoms with E-state index in [1.54, 1.807) is 0 Å². The van der Waals surface area contributed by atoms with Gasteiger partial charge in [-0.3, -0.25) is 0 Å². The molecule has 1 fully saturated rings. The van der Waals surface area contributed by atoms with Crippen molar-refractivity contribution < 1.29 is 4.48 Å². The summed E-state index contributed by atoms with van der Waals surface area (Å²) in [6, 6.07) is 10.9. The van der Waals surface area contributed by atoms with Crippen LogP contribution in [0.1, 0.15) is 76.2 Å². The van der Waals surface area contributed by atoms with Crippen molar-refractivity contribution >= 4 is 0 Å². The molecule has 0 heterocycles. The Morgan fingerprint density at radius 2 is 1.48 bits per heavy atom. The summed E-state index contributed by atoms with van der Waals surface area (Å²) in [6.07, 6.45) is 16.2. The fourth-order valence-corrected chi connectivity index (χ4v) is 4.14. The van der Waals surface area contributed by atoms with Gasteiger partial charge in [0.1, 0.15) is 6.54 Å². The molecular weight excluding hydrogens is 278 g/mol. The fourth-order valence-electron chi connectivity index (χ4n) is 4.14. The number of hydrogen-bond acceptors (Lipinski definition) is 0. The maximum Gasteiger partial charge on any atom is 0.104 e. The molecule has 0 saturated heterocycles. The molecule has 0 amide bonds. The van der Waals surface area contributed by atoms with Crippen molar-refractivity contribution in [1.29, 1.82) is 0 Å². The van der Waals surface area contributed by atoms with Crippen LogP contribution < -0.4 is 0 Å². The molecule has 0 aromatic heterocycles. The molecule has 0 spiro atoms. The minimum absolute atomic E-state index is 1.07. The fraction of sp³-hybridized carbons (Fsp3) is 0.727. The van der Waals surface area contributed by atoms with Gasteiger partial charge in [-0.2, -0.15) is 0 Å². The Labute approximate surface area is 144 Å². The summed E-state index contributed by atoms with van der Waals surface area (Å²) in [5, 5.41) is 0. The van der Waals surface area contributed by atoms with Gasteiger partial charge < -0.3 is 4.48 Å². The van der Waals surface area contributed by atoms with Crippen LogP contribution in [0.25, 0.3) is 0 Å². The van der Waals surface area contributed by atoms with Gasteiger partial charge in [0.15, 0.2) is 0 Å². The van der Waals surface area contributed by atoms with E-state index in [0.29, 0.717) is 0 Å². The first-order valence-electron chi connectivity index (χ1n) is 10.0. The Morgan fingerprint density at radius 1 is 0.826 bits per heavy atom. The van der Waals surface area contributed by atoms with Gasteiger partial charge >= 0.3 is 0 Å². The molecule has 1 heteroatoms. The van der Waals surface area contributed by atoms with Gasteiger partial charge in [0.2, 0.25) is 0 Å². The summed E-state index contributed by atoms with van der Waals surface area (Å²) in [5.74, 6) is 1.07. The first-order chi connectivity index (χ1) is 11.2. The molecule has 0 unspecified atom stereocenters. The molecule has 1 saturated carbocycles. The minimum Gasteiger partial charge on any atom is -0.325 e. The molecule has 1 aliphatic rings. The van der Waals surface area contributed by atoms with Gasteiger partial charge in [0.05, 0.1) is 20.6 Å². The van der Waals surface area contributed by atoms with Crippen LogP contribution in [0.15, 0.2) is 30.3 Å². The third kappa shape index (κ3) is 8.01. The molecule has 1 aliphatic carbocycles. The van der Waals surface area contributed by atoms with Crippen LogP contribution in [0.2, 0.25) is 0 Å². The van der Waals surface area contributed by atoms with E-state index >= 15 is 0 Å². The van der Waals surface area contributed by atoms with E-state index in [9.17, 15) is 0 Å². The van der Waals surface area contributed by atoms with E-state index < -0.39 is 0 Å². The van der Waals surface area contributed by atoms with Crippen LogP contribution in [0, 0.1) is 5.92 Å². The molecule has 0 aliphatic heterocycles. The van der Waals surface area contributed by atoms with E-state index in [1.807, 2.05) is 0 Å². The predicted molar refractivity (Wildman–Crippen MR) is 101 cm³/mol. The van der Waals surface area contributed by atoms with Crippen molar-refractivity contribution in [3.8, 4) is 0 Å². The maximum absolute atomic E-state index is 2.37. The topological polar surface area (TPSA) is 0 Å². The third-order valence-electron chi connectivity index (χ3n) is 5.55. The van der Waals surface area contributed by atoms with E-state index in [2.05, 4.69) is 44.4 Å². The summed E-state index contributed by atoms with van der Waals surface area (Å²) in [7, 11) is 4.74. The van der Waals surface area contributed by atoms with E-state index in [-0.39, 0.29) is 0 Å². The lowest BCUT2D eigenvalue weighted by molar-refractivity contribution is -0.903. The average molecular weight is 317 g/mol. The number of benzene rings is 1. The highest BCUT2D eigenvalue weighted by Gasteiger charge is 2.15. The molecule has 2 rings (SSSR count).